The molecule has 5 heteroatoms. The van der Waals surface area contributed by atoms with Crippen molar-refractivity contribution in [1.29, 1.82) is 0 Å². The second kappa shape index (κ2) is 7.05. The van der Waals surface area contributed by atoms with Gasteiger partial charge in [0.1, 0.15) is 0 Å². The average molecular weight is 312 g/mol. The topological polar surface area (TPSA) is 62.1 Å². The van der Waals surface area contributed by atoms with Gasteiger partial charge in [0.05, 0.1) is 0 Å². The number of nitrogens with one attached hydrogen (secondary N) is 2. The number of amides is 3. The van der Waals surface area contributed by atoms with Crippen LogP contribution in [0.1, 0.15) is 20.8 Å². The van der Waals surface area contributed by atoms with Crippen LogP contribution in [0.15, 0.2) is 54.9 Å². The molecule has 0 saturated heterocycles. The molecular weight excluding hydrogens is 290 g/mol. The lowest BCUT2D eigenvalue weighted by Gasteiger charge is -2.19. The van der Waals surface area contributed by atoms with Gasteiger partial charge in [-0.2, -0.15) is 4.57 Å². The number of benzene rings is 1. The van der Waals surface area contributed by atoms with Crippen LogP contribution >= 0.6 is 0 Å². The van der Waals surface area contributed by atoms with Gasteiger partial charge in [-0.25, -0.2) is 4.79 Å². The second-order valence-corrected chi connectivity index (χ2v) is 6.38. The first-order valence-corrected chi connectivity index (χ1v) is 7.50. The summed E-state index contributed by atoms with van der Waals surface area (Å²) in [7, 11) is 0. The Balaban J connectivity index is 2.01. The van der Waals surface area contributed by atoms with Crippen molar-refractivity contribution in [2.24, 2.45) is 0 Å². The molecule has 23 heavy (non-hydrogen) atoms. The van der Waals surface area contributed by atoms with Crippen LogP contribution in [0, 0.1) is 0 Å². The predicted molar refractivity (Wildman–Crippen MR) is 88.5 cm³/mol. The predicted octanol–water partition coefficient (Wildman–Crippen LogP) is 2.27. The quantitative estimate of drug-likeness (QED) is 0.854. The van der Waals surface area contributed by atoms with Crippen LogP contribution in [0.4, 0.5) is 4.79 Å². The molecule has 0 unspecified atom stereocenters. The minimum absolute atomic E-state index is 0.0816. The smallest absolute Gasteiger partial charge is 0.322 e. The molecule has 0 bridgehead atoms. The molecule has 1 aromatic carbocycles. The van der Waals surface area contributed by atoms with Gasteiger partial charge >= 0.3 is 6.03 Å². The summed E-state index contributed by atoms with van der Waals surface area (Å²) in [6.07, 6.45) is 3.68. The third-order valence-electron chi connectivity index (χ3n) is 3.03. The average Bonchev–Trinajstić information content (AvgIpc) is 2.46. The van der Waals surface area contributed by atoms with Gasteiger partial charge in [0.2, 0.25) is 6.54 Å². The number of pyridine rings is 1. The van der Waals surface area contributed by atoms with Crippen molar-refractivity contribution < 1.29 is 14.2 Å². The first kappa shape index (κ1) is 16.7. The van der Waals surface area contributed by atoms with Crippen LogP contribution in [0.5, 0.6) is 0 Å². The minimum atomic E-state index is -0.484. The van der Waals surface area contributed by atoms with Gasteiger partial charge in [0.25, 0.3) is 5.91 Å². The van der Waals surface area contributed by atoms with Crippen LogP contribution in [0.2, 0.25) is 0 Å². The molecule has 0 saturated carbocycles. The number of carbonyl (C=O) groups excluding carboxylic acids is 2. The number of hydrogen-bond acceptors (Lipinski definition) is 2. The van der Waals surface area contributed by atoms with E-state index in [4.69, 9.17) is 0 Å². The molecule has 0 aliphatic carbocycles. The zero-order chi connectivity index (χ0) is 16.9. The van der Waals surface area contributed by atoms with Gasteiger partial charge in [-0.3, -0.25) is 10.1 Å². The zero-order valence-electron chi connectivity index (χ0n) is 13.7. The first-order valence-electron chi connectivity index (χ1n) is 7.50. The molecule has 0 aliphatic heterocycles. The zero-order valence-corrected chi connectivity index (χ0v) is 13.7. The summed E-state index contributed by atoms with van der Waals surface area (Å²) in [4.78, 5) is 23.7. The van der Waals surface area contributed by atoms with E-state index in [1.807, 2.05) is 69.4 Å². The van der Waals surface area contributed by atoms with E-state index >= 15 is 0 Å². The number of nitrogens with zero attached hydrogens (tertiary/aromatic N) is 1. The highest BCUT2D eigenvalue weighted by molar-refractivity contribution is 5.93. The third kappa shape index (κ3) is 5.54. The monoisotopic (exact) mass is 312 g/mol. The molecule has 0 radical (unpaired) electrons. The normalized spacial score (nSPS) is 10.9. The Morgan fingerprint density at radius 3 is 2.30 bits per heavy atom. The van der Waals surface area contributed by atoms with Crippen molar-refractivity contribution in [3.05, 3.63) is 54.9 Å². The van der Waals surface area contributed by atoms with E-state index in [0.29, 0.717) is 0 Å². The molecule has 5 nitrogen and oxygen atoms in total. The lowest BCUT2D eigenvalue weighted by Crippen LogP contribution is -2.51. The fraction of sp³-hybridized carbons (Fsp3) is 0.278. The highest BCUT2D eigenvalue weighted by Gasteiger charge is 2.18. The van der Waals surface area contributed by atoms with Crippen molar-refractivity contribution in [3.8, 4) is 11.1 Å². The molecule has 1 heterocycles. The van der Waals surface area contributed by atoms with E-state index in [1.54, 1.807) is 10.8 Å². The molecule has 2 rings (SSSR count). The summed E-state index contributed by atoms with van der Waals surface area (Å²) >= 11 is 0. The van der Waals surface area contributed by atoms with Crippen LogP contribution in [0.3, 0.4) is 0 Å². The van der Waals surface area contributed by atoms with Crippen LogP contribution in [0.25, 0.3) is 11.1 Å². The standard InChI is InChI=1S/C18H21N3O2/c1-18(2,3)20-17(23)19-16(22)13-21-11-7-10-15(12-21)14-8-5-4-6-9-14/h4-12H,13H2,1-3H3,(H-,19,20,22,23)/p+1. The molecule has 0 spiro atoms. The van der Waals surface area contributed by atoms with Gasteiger partial charge in [-0.05, 0) is 32.4 Å². The molecule has 1 aromatic heterocycles. The van der Waals surface area contributed by atoms with E-state index in [-0.39, 0.29) is 18.0 Å². The Hall–Kier alpha value is -2.69. The Kier molecular flexibility index (Phi) is 5.11. The van der Waals surface area contributed by atoms with Crippen molar-refractivity contribution in [1.82, 2.24) is 10.6 Å². The SMILES string of the molecule is CC(C)(C)NC(=O)NC(=O)C[n+]1cccc(-c2ccccc2)c1. The van der Waals surface area contributed by atoms with E-state index in [1.165, 1.54) is 0 Å². The number of hydrogen-bond donors (Lipinski definition) is 2. The number of imide groups is 1. The summed E-state index contributed by atoms with van der Waals surface area (Å²) in [5, 5.41) is 5.03. The van der Waals surface area contributed by atoms with Crippen LogP contribution in [-0.4, -0.2) is 17.5 Å². The molecule has 0 fully saturated rings. The molecule has 0 aliphatic rings. The van der Waals surface area contributed by atoms with Crippen molar-refractivity contribution in [3.63, 3.8) is 0 Å². The molecule has 120 valence electrons. The molecule has 2 N–H and O–H groups in total. The van der Waals surface area contributed by atoms with Crippen molar-refractivity contribution in [2.45, 2.75) is 32.9 Å². The van der Waals surface area contributed by atoms with E-state index < -0.39 is 6.03 Å². The highest BCUT2D eigenvalue weighted by Crippen LogP contribution is 2.15. The maximum atomic E-state index is 12.0. The second-order valence-electron chi connectivity index (χ2n) is 6.38. The number of aromatic nitrogens is 1. The maximum Gasteiger partial charge on any atom is 0.322 e. The Morgan fingerprint density at radius 1 is 1.00 bits per heavy atom. The fourth-order valence-corrected chi connectivity index (χ4v) is 2.13. The lowest BCUT2D eigenvalue weighted by atomic mass is 10.1. The minimum Gasteiger partial charge on any atom is -0.333 e. The van der Waals surface area contributed by atoms with Gasteiger partial charge in [-0.1, -0.05) is 30.3 Å². The largest absolute Gasteiger partial charge is 0.333 e. The van der Waals surface area contributed by atoms with E-state index in [2.05, 4.69) is 10.6 Å². The Bertz CT molecular complexity index is 691. The molecule has 0 atom stereocenters. The number of carbonyl (C=O) groups is 2. The molecule has 3 amide bonds. The number of rotatable bonds is 3. The van der Waals surface area contributed by atoms with Gasteiger partial charge in [0.15, 0.2) is 12.4 Å². The van der Waals surface area contributed by atoms with Crippen molar-refractivity contribution >= 4 is 11.9 Å². The Labute approximate surface area is 136 Å². The van der Waals surface area contributed by atoms with Gasteiger partial charge in [0, 0.05) is 17.2 Å². The van der Waals surface area contributed by atoms with Crippen LogP contribution < -0.4 is 15.2 Å². The molecular formula is C18H22N3O2+. The summed E-state index contributed by atoms with van der Waals surface area (Å²) in [6.45, 7) is 5.65. The summed E-state index contributed by atoms with van der Waals surface area (Å²) in [6, 6.07) is 13.3. The summed E-state index contributed by atoms with van der Waals surface area (Å²) < 4.78 is 1.75. The maximum absolute atomic E-state index is 12.0. The first-order chi connectivity index (χ1) is 10.8. The highest BCUT2D eigenvalue weighted by atomic mass is 16.2. The number of urea groups is 1. The molecule has 2 aromatic rings. The van der Waals surface area contributed by atoms with Crippen molar-refractivity contribution in [2.75, 3.05) is 0 Å². The fourth-order valence-electron chi connectivity index (χ4n) is 2.13. The van der Waals surface area contributed by atoms with Gasteiger partial charge in [-0.15, -0.1) is 0 Å². The van der Waals surface area contributed by atoms with Crippen LogP contribution in [-0.2, 0) is 11.3 Å². The summed E-state index contributed by atoms with van der Waals surface area (Å²) in [5.74, 6) is -0.359. The Morgan fingerprint density at radius 2 is 1.65 bits per heavy atom. The summed E-state index contributed by atoms with van der Waals surface area (Å²) in [5.41, 5.74) is 1.71. The third-order valence-corrected chi connectivity index (χ3v) is 3.03. The lowest BCUT2D eigenvalue weighted by molar-refractivity contribution is -0.683. The van der Waals surface area contributed by atoms with E-state index in [9.17, 15) is 9.59 Å². The van der Waals surface area contributed by atoms with E-state index in [0.717, 1.165) is 11.1 Å². The van der Waals surface area contributed by atoms with Gasteiger partial charge < -0.3 is 5.32 Å².